The molecule has 1 aromatic heterocycles. The molecule has 174 valence electrons. The first-order valence-corrected chi connectivity index (χ1v) is 10.9. The maximum Gasteiger partial charge on any atom is 0.122 e. The van der Waals surface area contributed by atoms with Gasteiger partial charge in [0.05, 0.1) is 24.1 Å². The van der Waals surface area contributed by atoms with Crippen LogP contribution in [-0.4, -0.2) is 12.1 Å². The van der Waals surface area contributed by atoms with E-state index in [1.807, 2.05) is 102 Å². The van der Waals surface area contributed by atoms with Crippen LogP contribution < -0.4 is 4.74 Å². The summed E-state index contributed by atoms with van der Waals surface area (Å²) in [7, 11) is 1.64. The molecule has 1 heterocycles. The van der Waals surface area contributed by atoms with Crippen LogP contribution in [0.2, 0.25) is 0 Å². The van der Waals surface area contributed by atoms with Crippen molar-refractivity contribution >= 4 is 5.57 Å². The van der Waals surface area contributed by atoms with E-state index in [1.54, 1.807) is 13.2 Å². The predicted molar refractivity (Wildman–Crippen MR) is 141 cm³/mol. The van der Waals surface area contributed by atoms with Crippen molar-refractivity contribution in [2.24, 2.45) is 0 Å². The third-order valence-corrected chi connectivity index (χ3v) is 4.24. The molecule has 33 heavy (non-hydrogen) atoms. The van der Waals surface area contributed by atoms with Gasteiger partial charge >= 0.3 is 0 Å². The Morgan fingerprint density at radius 2 is 1.64 bits per heavy atom. The second-order valence-electron chi connectivity index (χ2n) is 6.35. The number of benzene rings is 1. The highest BCUT2D eigenvalue weighted by atomic mass is 16.5. The molecule has 1 aromatic carbocycles. The van der Waals surface area contributed by atoms with Gasteiger partial charge in [-0.05, 0) is 87.9 Å². The van der Waals surface area contributed by atoms with Gasteiger partial charge in [0.2, 0.25) is 0 Å². The lowest BCUT2D eigenvalue weighted by atomic mass is 10.0. The second kappa shape index (κ2) is 16.8. The quantitative estimate of drug-likeness (QED) is 0.245. The smallest absolute Gasteiger partial charge is 0.122 e. The number of hydrogen-bond acceptors (Lipinski definition) is 4. The van der Waals surface area contributed by atoms with E-state index >= 15 is 0 Å². The van der Waals surface area contributed by atoms with Crippen LogP contribution in [0.5, 0.6) is 5.75 Å². The first-order chi connectivity index (χ1) is 16.0. The van der Waals surface area contributed by atoms with Crippen LogP contribution in [0.15, 0.2) is 91.5 Å². The molecular formula is C29H36N2O2. The van der Waals surface area contributed by atoms with Crippen molar-refractivity contribution in [1.29, 1.82) is 5.26 Å². The molecule has 0 unspecified atom stereocenters. The van der Waals surface area contributed by atoms with Gasteiger partial charge in [-0.15, -0.1) is 13.2 Å². The molecule has 0 bridgehead atoms. The summed E-state index contributed by atoms with van der Waals surface area (Å²) in [4.78, 5) is 4.73. The van der Waals surface area contributed by atoms with Crippen molar-refractivity contribution in [2.45, 2.75) is 41.5 Å². The van der Waals surface area contributed by atoms with Crippen LogP contribution in [0, 0.1) is 11.3 Å². The zero-order chi connectivity index (χ0) is 25.2. The third-order valence-electron chi connectivity index (χ3n) is 4.24. The predicted octanol–water partition coefficient (Wildman–Crippen LogP) is 8.26. The molecule has 0 amide bonds. The summed E-state index contributed by atoms with van der Waals surface area (Å²) < 4.78 is 11.0. The number of nitriles is 1. The average molecular weight is 445 g/mol. The van der Waals surface area contributed by atoms with Gasteiger partial charge in [0, 0.05) is 5.56 Å². The Morgan fingerprint density at radius 1 is 1.00 bits per heavy atom. The number of rotatable bonds is 7. The maximum atomic E-state index is 9.50. The van der Waals surface area contributed by atoms with E-state index in [2.05, 4.69) is 19.2 Å². The average Bonchev–Trinajstić information content (AvgIpc) is 2.89. The van der Waals surface area contributed by atoms with Gasteiger partial charge in [-0.3, -0.25) is 0 Å². The van der Waals surface area contributed by atoms with Gasteiger partial charge in [0.15, 0.2) is 0 Å². The number of aromatic nitrogens is 1. The molecule has 0 aliphatic heterocycles. The number of methoxy groups -OCH3 is 1. The lowest BCUT2D eigenvalue weighted by Gasteiger charge is -2.09. The zero-order valence-electron chi connectivity index (χ0n) is 21.0. The van der Waals surface area contributed by atoms with Gasteiger partial charge in [-0.1, -0.05) is 26.0 Å². The monoisotopic (exact) mass is 444 g/mol. The Morgan fingerprint density at radius 3 is 2.15 bits per heavy atom. The summed E-state index contributed by atoms with van der Waals surface area (Å²) >= 11 is 0. The Kier molecular flexibility index (Phi) is 14.8. The normalized spacial score (nSPS) is 11.5. The van der Waals surface area contributed by atoms with E-state index in [0.29, 0.717) is 11.3 Å². The van der Waals surface area contributed by atoms with Crippen LogP contribution in [0.25, 0.3) is 16.8 Å². The highest BCUT2D eigenvalue weighted by Crippen LogP contribution is 2.25. The van der Waals surface area contributed by atoms with Crippen molar-refractivity contribution in [3.8, 4) is 23.1 Å². The zero-order valence-corrected chi connectivity index (χ0v) is 21.0. The van der Waals surface area contributed by atoms with Crippen molar-refractivity contribution in [3.05, 3.63) is 103 Å². The highest BCUT2D eigenvalue weighted by Gasteiger charge is 2.09. The molecule has 4 nitrogen and oxygen atoms in total. The molecule has 0 aliphatic rings. The van der Waals surface area contributed by atoms with Crippen molar-refractivity contribution in [1.82, 2.24) is 4.98 Å². The van der Waals surface area contributed by atoms with Crippen LogP contribution >= 0.6 is 0 Å². The largest absolute Gasteiger partial charge is 0.497 e. The minimum absolute atomic E-state index is 0.533. The SMILES string of the molecule is C/C=C\C(=C/C)O/C(C)=C/C=C(\C)c1nc(-c2ccc(OC)cc2)ccc1C#N.C=C.CC. The van der Waals surface area contributed by atoms with E-state index in [-0.39, 0.29) is 0 Å². The van der Waals surface area contributed by atoms with Crippen LogP contribution in [0.1, 0.15) is 52.8 Å². The van der Waals surface area contributed by atoms with Gasteiger partial charge in [0.1, 0.15) is 23.3 Å². The molecule has 0 aliphatic carbocycles. The maximum absolute atomic E-state index is 9.50. The summed E-state index contributed by atoms with van der Waals surface area (Å²) in [6.45, 7) is 17.7. The van der Waals surface area contributed by atoms with Gasteiger partial charge in [-0.2, -0.15) is 5.26 Å². The minimum atomic E-state index is 0.533. The Balaban J connectivity index is 0.00000242. The molecule has 0 spiro atoms. The van der Waals surface area contributed by atoms with Gasteiger partial charge in [-0.25, -0.2) is 4.98 Å². The second-order valence-corrected chi connectivity index (χ2v) is 6.35. The summed E-state index contributed by atoms with van der Waals surface area (Å²) in [6, 6.07) is 13.6. The number of hydrogen-bond donors (Lipinski definition) is 0. The van der Waals surface area contributed by atoms with E-state index in [1.165, 1.54) is 0 Å². The van der Waals surface area contributed by atoms with E-state index in [9.17, 15) is 5.26 Å². The molecule has 0 N–H and O–H groups in total. The van der Waals surface area contributed by atoms with Crippen molar-refractivity contribution in [3.63, 3.8) is 0 Å². The van der Waals surface area contributed by atoms with Gasteiger partial charge < -0.3 is 9.47 Å². The molecule has 2 aromatic rings. The van der Waals surface area contributed by atoms with Crippen LogP contribution in [-0.2, 0) is 4.74 Å². The van der Waals surface area contributed by atoms with Gasteiger partial charge in [0.25, 0.3) is 0 Å². The topological polar surface area (TPSA) is 55.1 Å². The fraction of sp³-hybridized carbons (Fsp3) is 0.241. The molecule has 0 saturated heterocycles. The number of pyridine rings is 1. The van der Waals surface area contributed by atoms with Crippen molar-refractivity contribution < 1.29 is 9.47 Å². The Hall–Kier alpha value is -3.84. The highest BCUT2D eigenvalue weighted by molar-refractivity contribution is 5.71. The van der Waals surface area contributed by atoms with Crippen molar-refractivity contribution in [2.75, 3.05) is 7.11 Å². The summed E-state index contributed by atoms with van der Waals surface area (Å²) in [5.74, 6) is 2.32. The molecule has 4 heteroatoms. The molecule has 2 rings (SSSR count). The minimum Gasteiger partial charge on any atom is -0.497 e. The van der Waals surface area contributed by atoms with Crippen LogP contribution in [0.4, 0.5) is 0 Å². The lowest BCUT2D eigenvalue weighted by molar-refractivity contribution is 0.321. The fourth-order valence-corrected chi connectivity index (χ4v) is 2.67. The number of ether oxygens (including phenoxy) is 2. The van der Waals surface area contributed by atoms with E-state index < -0.39 is 0 Å². The standard InChI is InChI=1S/C25H26N2O2.C2H6.C2H4/c1-6-8-22(7-2)29-19(4)10-9-18(3)25-21(17-26)13-16-24(27-25)20-11-14-23(28-5)15-12-20;2*1-2/h6-16H,1-5H3;1-2H3;1-2H2/b8-6-,18-9+,19-10+,22-7+;;. The lowest BCUT2D eigenvalue weighted by Crippen LogP contribution is -1.95. The Labute approximate surface area is 199 Å². The molecule has 0 saturated carbocycles. The summed E-state index contributed by atoms with van der Waals surface area (Å²) in [5, 5.41) is 9.50. The van der Waals surface area contributed by atoms with E-state index in [0.717, 1.165) is 34.1 Å². The summed E-state index contributed by atoms with van der Waals surface area (Å²) in [6.07, 6.45) is 9.53. The molecule has 0 atom stereocenters. The summed E-state index contributed by atoms with van der Waals surface area (Å²) in [5.41, 5.74) is 3.84. The molecule has 0 fully saturated rings. The van der Waals surface area contributed by atoms with E-state index in [4.69, 9.17) is 14.5 Å². The molecule has 0 radical (unpaired) electrons. The number of allylic oxidation sites excluding steroid dienone is 7. The number of nitrogens with zero attached hydrogens (tertiary/aromatic N) is 2. The molecular weight excluding hydrogens is 408 g/mol. The first kappa shape index (κ1) is 29.2. The first-order valence-electron chi connectivity index (χ1n) is 10.9. The Bertz CT molecular complexity index is 1020. The van der Waals surface area contributed by atoms with Crippen LogP contribution in [0.3, 0.4) is 0 Å². The third kappa shape index (κ3) is 9.45. The fourth-order valence-electron chi connectivity index (χ4n) is 2.67.